The second-order valence-corrected chi connectivity index (χ2v) is 11.3. The Kier molecular flexibility index (Phi) is 9.49. The van der Waals surface area contributed by atoms with Gasteiger partial charge < -0.3 is 15.7 Å². The number of hydrogen-bond donors (Lipinski definition) is 3. The largest absolute Gasteiger partial charge is 0.390 e. The van der Waals surface area contributed by atoms with Gasteiger partial charge >= 0.3 is 0 Å². The van der Waals surface area contributed by atoms with Crippen LogP contribution in [0.4, 0.5) is 8.78 Å². The maximum absolute atomic E-state index is 13.8. The van der Waals surface area contributed by atoms with Crippen molar-refractivity contribution in [3.8, 4) is 0 Å². The molecule has 2 aromatic carbocycles. The van der Waals surface area contributed by atoms with Crippen LogP contribution in [-0.4, -0.2) is 54.2 Å². The van der Waals surface area contributed by atoms with Crippen molar-refractivity contribution < 1.29 is 18.7 Å². The molecule has 2 bridgehead atoms. The van der Waals surface area contributed by atoms with Crippen LogP contribution in [0, 0.1) is 27.0 Å². The number of fused-ring (bicyclic) bond motifs is 4. The van der Waals surface area contributed by atoms with Crippen molar-refractivity contribution in [1.82, 2.24) is 15.5 Å². The summed E-state index contributed by atoms with van der Waals surface area (Å²) >= 11 is 2.25. The van der Waals surface area contributed by atoms with Crippen molar-refractivity contribution in [2.45, 2.75) is 50.8 Å². The van der Waals surface area contributed by atoms with E-state index in [9.17, 15) is 18.7 Å². The van der Waals surface area contributed by atoms with Crippen molar-refractivity contribution in [3.05, 3.63) is 68.8 Å². The van der Waals surface area contributed by atoms with Gasteiger partial charge in [0.15, 0.2) is 0 Å². The summed E-state index contributed by atoms with van der Waals surface area (Å²) in [5, 5.41) is 17.2. The zero-order chi connectivity index (χ0) is 24.8. The third-order valence-corrected chi connectivity index (χ3v) is 7.80. The summed E-state index contributed by atoms with van der Waals surface area (Å²) in [6.07, 6.45) is 4.16. The predicted molar refractivity (Wildman–Crippen MR) is 141 cm³/mol. The standard InChI is InChI=1S/C27H34F2IN3O2/c28-22-8-21(9-23(29)12-22)11-25(26(34)14-31-13-20-2-1-3-24(30)10-20)32-27(35)17-33-15-18-4-5-19(16-33)7-6-18/h1-3,8-10,12,18-19,25-26,31,34H,4-7,11,13-17H2,(H,32,35)/t18?,19?,25-,26-/m0/s1. The fourth-order valence-corrected chi connectivity index (χ4v) is 6.01. The van der Waals surface area contributed by atoms with E-state index in [-0.39, 0.29) is 25.4 Å². The maximum atomic E-state index is 13.8. The van der Waals surface area contributed by atoms with Gasteiger partial charge in [-0.1, -0.05) is 12.1 Å². The van der Waals surface area contributed by atoms with Crippen molar-refractivity contribution in [1.29, 1.82) is 0 Å². The number of rotatable bonds is 10. The van der Waals surface area contributed by atoms with E-state index in [2.05, 4.69) is 44.2 Å². The lowest BCUT2D eigenvalue weighted by Crippen LogP contribution is -2.51. The normalized spacial score (nSPS) is 21.9. The fraction of sp³-hybridized carbons (Fsp3) is 0.519. The molecule has 0 aromatic heterocycles. The Hall–Kier alpha value is -1.62. The summed E-state index contributed by atoms with van der Waals surface area (Å²) in [5.41, 5.74) is 1.49. The molecule has 35 heavy (non-hydrogen) atoms. The number of carbonyl (C=O) groups excluding carboxylic acids is 1. The Labute approximate surface area is 219 Å². The van der Waals surface area contributed by atoms with E-state index in [0.717, 1.165) is 28.3 Å². The molecule has 8 heteroatoms. The number of aliphatic hydroxyl groups is 1. The summed E-state index contributed by atoms with van der Waals surface area (Å²) in [6, 6.07) is 10.7. The molecule has 1 amide bonds. The second-order valence-electron chi connectivity index (χ2n) is 10.1. The Morgan fingerprint density at radius 2 is 1.69 bits per heavy atom. The summed E-state index contributed by atoms with van der Waals surface area (Å²) in [7, 11) is 0. The Balaban J connectivity index is 1.38. The average Bonchev–Trinajstić information content (AvgIpc) is 3.10. The molecule has 3 aliphatic rings. The van der Waals surface area contributed by atoms with Crippen molar-refractivity contribution in [2.24, 2.45) is 11.8 Å². The van der Waals surface area contributed by atoms with Gasteiger partial charge in [0.2, 0.25) is 5.91 Å². The van der Waals surface area contributed by atoms with Crippen molar-refractivity contribution in [2.75, 3.05) is 26.2 Å². The SMILES string of the molecule is O=C(CN1CC2CCC(CC2)C1)N[C@@H](Cc1cc(F)cc(F)c1)[C@@H](O)CNCc1cccc(I)c1. The van der Waals surface area contributed by atoms with Crippen molar-refractivity contribution >= 4 is 28.5 Å². The molecular formula is C27H34F2IN3O2. The van der Waals surface area contributed by atoms with Gasteiger partial charge in [-0.05, 0) is 102 Å². The van der Waals surface area contributed by atoms with Gasteiger partial charge in [-0.2, -0.15) is 0 Å². The van der Waals surface area contributed by atoms with Crippen LogP contribution in [0.5, 0.6) is 0 Å². The van der Waals surface area contributed by atoms with E-state index < -0.39 is 23.8 Å². The first-order valence-electron chi connectivity index (χ1n) is 12.4. The van der Waals surface area contributed by atoms with E-state index in [0.29, 0.717) is 23.9 Å². The van der Waals surface area contributed by atoms with Gasteiger partial charge in [0.1, 0.15) is 11.6 Å². The van der Waals surface area contributed by atoms with Gasteiger partial charge in [0.25, 0.3) is 0 Å². The van der Waals surface area contributed by atoms with E-state index in [4.69, 9.17) is 0 Å². The number of carbonyl (C=O) groups is 1. The number of amides is 1. The third kappa shape index (κ3) is 8.20. The Bertz CT molecular complexity index is 966. The highest BCUT2D eigenvalue weighted by molar-refractivity contribution is 14.1. The minimum atomic E-state index is -0.923. The van der Waals surface area contributed by atoms with Gasteiger partial charge in [0, 0.05) is 35.8 Å². The number of benzene rings is 2. The van der Waals surface area contributed by atoms with Crippen LogP contribution in [0.25, 0.3) is 0 Å². The summed E-state index contributed by atoms with van der Waals surface area (Å²) in [4.78, 5) is 15.2. The van der Waals surface area contributed by atoms with E-state index in [1.165, 1.54) is 37.8 Å². The van der Waals surface area contributed by atoms with Gasteiger partial charge in [-0.25, -0.2) is 8.78 Å². The highest BCUT2D eigenvalue weighted by Crippen LogP contribution is 2.33. The summed E-state index contributed by atoms with van der Waals surface area (Å²) < 4.78 is 28.7. The van der Waals surface area contributed by atoms with Gasteiger partial charge in [0.05, 0.1) is 18.7 Å². The molecule has 0 spiro atoms. The topological polar surface area (TPSA) is 64.6 Å². The lowest BCUT2D eigenvalue weighted by atomic mass is 9.84. The first kappa shape index (κ1) is 26.4. The minimum absolute atomic E-state index is 0.137. The monoisotopic (exact) mass is 597 g/mol. The zero-order valence-corrected chi connectivity index (χ0v) is 22.0. The van der Waals surface area contributed by atoms with Crippen LogP contribution in [0.3, 0.4) is 0 Å². The smallest absolute Gasteiger partial charge is 0.234 e. The van der Waals surface area contributed by atoms with E-state index in [1.807, 2.05) is 18.2 Å². The van der Waals surface area contributed by atoms with Gasteiger partial charge in [-0.3, -0.25) is 9.69 Å². The first-order valence-corrected chi connectivity index (χ1v) is 13.5. The van der Waals surface area contributed by atoms with Crippen molar-refractivity contribution in [3.63, 3.8) is 0 Å². The van der Waals surface area contributed by atoms with E-state index >= 15 is 0 Å². The number of aliphatic hydroxyl groups excluding tert-OH is 1. The molecule has 3 N–H and O–H groups in total. The molecule has 190 valence electrons. The quantitative estimate of drug-likeness (QED) is 0.364. The van der Waals surface area contributed by atoms with Gasteiger partial charge in [-0.15, -0.1) is 0 Å². The number of nitrogens with zero attached hydrogens (tertiary/aromatic N) is 1. The van der Waals surface area contributed by atoms with Crippen LogP contribution in [0.1, 0.15) is 36.8 Å². The molecule has 3 fully saturated rings. The maximum Gasteiger partial charge on any atom is 0.234 e. The molecule has 5 nitrogen and oxygen atoms in total. The van der Waals surface area contributed by atoms with Crippen LogP contribution in [0.2, 0.25) is 0 Å². The molecular weight excluding hydrogens is 563 g/mol. The molecule has 2 aliphatic heterocycles. The Morgan fingerprint density at radius 3 is 2.31 bits per heavy atom. The minimum Gasteiger partial charge on any atom is -0.390 e. The number of nitrogens with one attached hydrogen (secondary N) is 2. The molecule has 2 heterocycles. The molecule has 2 atom stereocenters. The average molecular weight is 597 g/mol. The zero-order valence-electron chi connectivity index (χ0n) is 19.9. The molecule has 2 saturated heterocycles. The molecule has 5 rings (SSSR count). The first-order chi connectivity index (χ1) is 16.8. The lowest BCUT2D eigenvalue weighted by molar-refractivity contribution is -0.123. The van der Waals surface area contributed by atoms with Crippen LogP contribution in [0.15, 0.2) is 42.5 Å². The highest BCUT2D eigenvalue weighted by atomic mass is 127. The van der Waals surface area contributed by atoms with Crippen LogP contribution in [-0.2, 0) is 17.8 Å². The second kappa shape index (κ2) is 12.6. The molecule has 0 radical (unpaired) electrons. The molecule has 2 aromatic rings. The van der Waals surface area contributed by atoms with Crippen LogP contribution < -0.4 is 10.6 Å². The highest BCUT2D eigenvalue weighted by Gasteiger charge is 2.31. The summed E-state index contributed by atoms with van der Waals surface area (Å²) in [5.74, 6) is -0.190. The molecule has 1 saturated carbocycles. The Morgan fingerprint density at radius 1 is 1.03 bits per heavy atom. The third-order valence-electron chi connectivity index (χ3n) is 7.13. The van der Waals surface area contributed by atoms with Crippen LogP contribution >= 0.6 is 22.6 Å². The number of halogens is 3. The molecule has 1 aliphatic carbocycles. The molecule has 0 unspecified atom stereocenters. The lowest BCUT2D eigenvalue weighted by Gasteiger charge is -2.27. The predicted octanol–water partition coefficient (Wildman–Crippen LogP) is 3.87. The number of hydrogen-bond acceptors (Lipinski definition) is 4. The summed E-state index contributed by atoms with van der Waals surface area (Å²) in [6.45, 7) is 2.96. The fourth-order valence-electron chi connectivity index (χ4n) is 5.41. The van der Waals surface area contributed by atoms with E-state index in [1.54, 1.807) is 0 Å².